The molecule has 0 heterocycles. The number of ether oxygens (including phenoxy) is 2. The lowest BCUT2D eigenvalue weighted by Gasteiger charge is -2.09. The van der Waals surface area contributed by atoms with E-state index in [0.717, 1.165) is 44.0 Å². The normalized spacial score (nSPS) is 11.0. The molecule has 31 heavy (non-hydrogen) atoms. The van der Waals surface area contributed by atoms with Crippen molar-refractivity contribution in [1.82, 2.24) is 0 Å². The number of alkyl halides is 1. The van der Waals surface area contributed by atoms with Gasteiger partial charge in [0.1, 0.15) is 11.5 Å². The van der Waals surface area contributed by atoms with Gasteiger partial charge in [-0.25, -0.2) is 0 Å². The van der Waals surface area contributed by atoms with Crippen LogP contribution in [0.1, 0.15) is 122 Å². The molecule has 0 radical (unpaired) electrons. The van der Waals surface area contributed by atoms with Crippen LogP contribution < -0.4 is 9.47 Å². The first-order chi connectivity index (χ1) is 15.4. The summed E-state index contributed by atoms with van der Waals surface area (Å²) in [5.74, 6) is 2.50. The van der Waals surface area contributed by atoms with E-state index >= 15 is 0 Å². The van der Waals surface area contributed by atoms with E-state index < -0.39 is 0 Å². The minimum absolute atomic E-state index is 0.700. The van der Waals surface area contributed by atoms with Gasteiger partial charge in [-0.05, 0) is 31.4 Å². The van der Waals surface area contributed by atoms with Crippen molar-refractivity contribution in [2.45, 2.75) is 122 Å². The summed E-state index contributed by atoms with van der Waals surface area (Å²) >= 11 is 5.69. The molecule has 0 aliphatic carbocycles. The smallest absolute Gasteiger partial charge is 0.122 e. The molecule has 0 N–H and O–H groups in total. The number of benzene rings is 1. The molecule has 1 aromatic rings. The maximum atomic E-state index is 5.89. The topological polar surface area (TPSA) is 18.5 Å². The summed E-state index contributed by atoms with van der Waals surface area (Å²) in [6.45, 7) is 3.81. The molecule has 0 unspecified atom stereocenters. The van der Waals surface area contributed by atoms with Gasteiger partial charge in [-0.15, -0.1) is 11.6 Å². The third kappa shape index (κ3) is 18.4. The number of rotatable bonds is 23. The highest BCUT2D eigenvalue weighted by Gasteiger charge is 1.99. The molecule has 1 aromatic carbocycles. The van der Waals surface area contributed by atoms with Gasteiger partial charge in [-0.1, -0.05) is 109 Å². The highest BCUT2D eigenvalue weighted by molar-refractivity contribution is 6.17. The third-order valence-electron chi connectivity index (χ3n) is 5.87. The molecule has 0 aliphatic heterocycles. The van der Waals surface area contributed by atoms with Gasteiger partial charge >= 0.3 is 0 Å². The van der Waals surface area contributed by atoms with Gasteiger partial charge in [0.05, 0.1) is 13.2 Å². The molecule has 0 aromatic heterocycles. The van der Waals surface area contributed by atoms with Gasteiger partial charge in [0.25, 0.3) is 0 Å². The molecule has 0 saturated heterocycles. The van der Waals surface area contributed by atoms with E-state index in [9.17, 15) is 0 Å². The Morgan fingerprint density at radius 1 is 0.548 bits per heavy atom. The second-order valence-corrected chi connectivity index (χ2v) is 9.25. The molecule has 0 bridgehead atoms. The van der Waals surface area contributed by atoms with Crippen molar-refractivity contribution < 1.29 is 9.47 Å². The van der Waals surface area contributed by atoms with E-state index in [1.807, 2.05) is 24.3 Å². The van der Waals surface area contributed by atoms with Crippen LogP contribution in [0.25, 0.3) is 0 Å². The Kier molecular flexibility index (Phi) is 20.3. The van der Waals surface area contributed by atoms with E-state index in [1.54, 1.807) is 0 Å². The second-order valence-electron chi connectivity index (χ2n) is 8.87. The van der Waals surface area contributed by atoms with E-state index in [2.05, 4.69) is 6.92 Å². The van der Waals surface area contributed by atoms with Gasteiger partial charge < -0.3 is 9.47 Å². The van der Waals surface area contributed by atoms with Crippen molar-refractivity contribution >= 4 is 11.6 Å². The summed E-state index contributed by atoms with van der Waals surface area (Å²) in [7, 11) is 0. The van der Waals surface area contributed by atoms with Crippen LogP contribution in [0.2, 0.25) is 0 Å². The Balaban J connectivity index is 1.84. The zero-order valence-corrected chi connectivity index (χ0v) is 21.1. The number of hydrogen-bond acceptors (Lipinski definition) is 2. The van der Waals surface area contributed by atoms with Gasteiger partial charge in [0.15, 0.2) is 0 Å². The van der Waals surface area contributed by atoms with E-state index in [0.29, 0.717) is 5.88 Å². The Morgan fingerprint density at radius 2 is 0.935 bits per heavy atom. The first kappa shape index (κ1) is 28.1. The maximum Gasteiger partial charge on any atom is 0.122 e. The summed E-state index contributed by atoms with van der Waals surface area (Å²) in [6, 6.07) is 7.99. The van der Waals surface area contributed by atoms with Crippen LogP contribution in [0, 0.1) is 0 Å². The number of unbranched alkanes of at least 4 members (excludes halogenated alkanes) is 16. The van der Waals surface area contributed by atoms with Gasteiger partial charge in [0, 0.05) is 11.9 Å². The molecule has 0 spiro atoms. The number of hydrogen-bond donors (Lipinski definition) is 0. The first-order valence-electron chi connectivity index (χ1n) is 13.3. The van der Waals surface area contributed by atoms with Crippen LogP contribution in [0.5, 0.6) is 11.5 Å². The monoisotopic (exact) mass is 452 g/mol. The van der Waals surface area contributed by atoms with E-state index in [4.69, 9.17) is 21.1 Å². The van der Waals surface area contributed by atoms with E-state index in [1.165, 1.54) is 96.3 Å². The van der Waals surface area contributed by atoms with Gasteiger partial charge in [-0.2, -0.15) is 0 Å². The largest absolute Gasteiger partial charge is 0.493 e. The Labute approximate surface area is 198 Å². The predicted octanol–water partition coefficient (Wildman–Crippen LogP) is 9.72. The lowest BCUT2D eigenvalue weighted by Crippen LogP contribution is -2.00. The summed E-state index contributed by atoms with van der Waals surface area (Å²) in [6.07, 6.45) is 24.3. The van der Waals surface area contributed by atoms with Crippen LogP contribution in [0.15, 0.2) is 24.3 Å². The molecule has 0 saturated carbocycles. The van der Waals surface area contributed by atoms with Crippen molar-refractivity contribution in [1.29, 1.82) is 0 Å². The van der Waals surface area contributed by atoms with Crippen molar-refractivity contribution in [3.63, 3.8) is 0 Å². The van der Waals surface area contributed by atoms with Gasteiger partial charge in [0.2, 0.25) is 0 Å². The van der Waals surface area contributed by atoms with Crippen LogP contribution in [0.4, 0.5) is 0 Å². The molecule has 1 rings (SSSR count). The lowest BCUT2D eigenvalue weighted by molar-refractivity contribution is 0.292. The zero-order valence-electron chi connectivity index (χ0n) is 20.4. The minimum Gasteiger partial charge on any atom is -0.493 e. The van der Waals surface area contributed by atoms with Crippen molar-refractivity contribution in [3.8, 4) is 11.5 Å². The average Bonchev–Trinajstić information content (AvgIpc) is 2.79. The van der Waals surface area contributed by atoms with Crippen LogP contribution in [0.3, 0.4) is 0 Å². The van der Waals surface area contributed by atoms with Crippen LogP contribution >= 0.6 is 11.6 Å². The molecular weight excluding hydrogens is 404 g/mol. The lowest BCUT2D eigenvalue weighted by atomic mass is 10.0. The molecule has 180 valence electrons. The Hall–Kier alpha value is -0.890. The van der Waals surface area contributed by atoms with Crippen molar-refractivity contribution in [3.05, 3.63) is 24.3 Å². The average molecular weight is 453 g/mol. The molecule has 0 fully saturated rings. The molecule has 0 amide bonds. The van der Waals surface area contributed by atoms with Crippen molar-refractivity contribution in [2.24, 2.45) is 0 Å². The Bertz CT molecular complexity index is 492. The third-order valence-corrected chi connectivity index (χ3v) is 6.14. The maximum absolute atomic E-state index is 5.89. The second kappa shape index (κ2) is 22.3. The molecule has 3 heteroatoms. The highest BCUT2D eigenvalue weighted by atomic mass is 35.5. The summed E-state index contributed by atoms with van der Waals surface area (Å²) < 4.78 is 11.6. The zero-order chi connectivity index (χ0) is 22.2. The minimum atomic E-state index is 0.700. The standard InChI is InChI=1S/C28H49ClO2/c1-2-3-4-5-6-7-8-9-10-11-12-13-14-15-16-18-24-30-27-21-20-22-28(26-27)31-25-19-17-23-29/h20-22,26H,2-19,23-25H2,1H3. The van der Waals surface area contributed by atoms with Crippen molar-refractivity contribution in [2.75, 3.05) is 19.1 Å². The molecule has 0 atom stereocenters. The Morgan fingerprint density at radius 3 is 1.35 bits per heavy atom. The summed E-state index contributed by atoms with van der Waals surface area (Å²) in [5.41, 5.74) is 0. The van der Waals surface area contributed by atoms with Gasteiger partial charge in [-0.3, -0.25) is 0 Å². The van der Waals surface area contributed by atoms with E-state index in [-0.39, 0.29) is 0 Å². The molecule has 2 nitrogen and oxygen atoms in total. The highest BCUT2D eigenvalue weighted by Crippen LogP contribution is 2.20. The fraction of sp³-hybridized carbons (Fsp3) is 0.786. The summed E-state index contributed by atoms with van der Waals surface area (Å²) in [4.78, 5) is 0. The fourth-order valence-corrected chi connectivity index (χ4v) is 4.07. The number of halogens is 1. The molecule has 0 aliphatic rings. The first-order valence-corrected chi connectivity index (χ1v) is 13.8. The van der Waals surface area contributed by atoms with Crippen LogP contribution in [-0.4, -0.2) is 19.1 Å². The van der Waals surface area contributed by atoms with Crippen LogP contribution in [-0.2, 0) is 0 Å². The summed E-state index contributed by atoms with van der Waals surface area (Å²) in [5, 5.41) is 0. The SMILES string of the molecule is CCCCCCCCCCCCCCCCCCOc1cccc(OCCCCCl)c1. The quantitative estimate of drug-likeness (QED) is 0.121. The fourth-order valence-electron chi connectivity index (χ4n) is 3.88. The molecular formula is C28H49ClO2. The predicted molar refractivity (Wildman–Crippen MR) is 137 cm³/mol.